The standard InChI is InChI=1S/C30H35FN2O4/c1-36-28(34)19-26(20-16-17-25(31)27(18-20)37-22-12-6-3-7-13-22)32-29-23-14-8-9-15-24(23)30(35)33(29)21-10-4-2-5-11-21/h3,6-7,12-13,16-18,21,26,29,32H,2,4-5,8-11,14-15,19H2,1H3/t26-,29+/m0/s1. The molecule has 0 unspecified atom stereocenters. The summed E-state index contributed by atoms with van der Waals surface area (Å²) < 4.78 is 25.6. The molecule has 0 bridgehead atoms. The van der Waals surface area contributed by atoms with Crippen LogP contribution in [0.2, 0.25) is 0 Å². The first kappa shape index (κ1) is 25.5. The molecule has 0 spiro atoms. The van der Waals surface area contributed by atoms with Crippen LogP contribution in [0, 0.1) is 5.82 Å². The van der Waals surface area contributed by atoms with E-state index in [1.165, 1.54) is 19.6 Å². The molecule has 2 aromatic carbocycles. The Bertz CT molecular complexity index is 1160. The fraction of sp³-hybridized carbons (Fsp3) is 0.467. The molecule has 1 aliphatic heterocycles. The second kappa shape index (κ2) is 11.5. The van der Waals surface area contributed by atoms with Crippen molar-refractivity contribution < 1.29 is 23.5 Å². The van der Waals surface area contributed by atoms with E-state index in [9.17, 15) is 14.0 Å². The normalized spacial score (nSPS) is 21.1. The summed E-state index contributed by atoms with van der Waals surface area (Å²) in [5.41, 5.74) is 2.80. The van der Waals surface area contributed by atoms with Gasteiger partial charge < -0.3 is 14.4 Å². The number of esters is 1. The van der Waals surface area contributed by atoms with Gasteiger partial charge in [-0.1, -0.05) is 43.5 Å². The van der Waals surface area contributed by atoms with Crippen molar-refractivity contribution in [2.75, 3.05) is 7.11 Å². The average Bonchev–Trinajstić information content (AvgIpc) is 3.21. The minimum Gasteiger partial charge on any atom is -0.469 e. The van der Waals surface area contributed by atoms with Gasteiger partial charge >= 0.3 is 5.97 Å². The highest BCUT2D eigenvalue weighted by Gasteiger charge is 2.44. The van der Waals surface area contributed by atoms with Crippen molar-refractivity contribution in [3.63, 3.8) is 0 Å². The molecule has 3 aliphatic rings. The second-order valence-corrected chi connectivity index (χ2v) is 10.2. The highest BCUT2D eigenvalue weighted by atomic mass is 19.1. The molecule has 7 heteroatoms. The fourth-order valence-corrected chi connectivity index (χ4v) is 5.98. The Hall–Kier alpha value is -3.19. The molecule has 2 atom stereocenters. The summed E-state index contributed by atoms with van der Waals surface area (Å²) in [6.07, 6.45) is 8.98. The smallest absolute Gasteiger partial charge is 0.307 e. The van der Waals surface area contributed by atoms with Crippen LogP contribution < -0.4 is 10.1 Å². The lowest BCUT2D eigenvalue weighted by Crippen LogP contribution is -2.52. The van der Waals surface area contributed by atoms with Crippen molar-refractivity contribution in [3.8, 4) is 11.5 Å². The second-order valence-electron chi connectivity index (χ2n) is 10.2. The fourth-order valence-electron chi connectivity index (χ4n) is 5.98. The Kier molecular flexibility index (Phi) is 7.89. The number of amides is 1. The number of rotatable bonds is 8. The molecule has 5 rings (SSSR count). The Morgan fingerprint density at radius 1 is 1.05 bits per heavy atom. The van der Waals surface area contributed by atoms with Crippen LogP contribution in [0.1, 0.15) is 75.8 Å². The summed E-state index contributed by atoms with van der Waals surface area (Å²) >= 11 is 0. The molecule has 6 nitrogen and oxygen atoms in total. The van der Waals surface area contributed by atoms with E-state index in [-0.39, 0.29) is 36.3 Å². The van der Waals surface area contributed by atoms with Crippen molar-refractivity contribution in [1.29, 1.82) is 0 Å². The molecule has 1 saturated carbocycles. The van der Waals surface area contributed by atoms with Crippen LogP contribution in [-0.4, -0.2) is 36.1 Å². The number of carbonyl (C=O) groups excluding carboxylic acids is 2. The van der Waals surface area contributed by atoms with Crippen LogP contribution in [0.4, 0.5) is 4.39 Å². The summed E-state index contributed by atoms with van der Waals surface area (Å²) in [4.78, 5) is 28.1. The van der Waals surface area contributed by atoms with Gasteiger partial charge in [0.2, 0.25) is 0 Å². The first-order valence-electron chi connectivity index (χ1n) is 13.4. The van der Waals surface area contributed by atoms with Crippen LogP contribution in [0.3, 0.4) is 0 Å². The molecule has 1 N–H and O–H groups in total. The van der Waals surface area contributed by atoms with Gasteiger partial charge in [0.1, 0.15) is 11.9 Å². The third-order valence-electron chi connectivity index (χ3n) is 7.87. The third kappa shape index (κ3) is 5.57. The van der Waals surface area contributed by atoms with E-state index in [0.29, 0.717) is 11.3 Å². The molecule has 2 aromatic rings. The van der Waals surface area contributed by atoms with Crippen molar-refractivity contribution >= 4 is 11.9 Å². The predicted octanol–water partition coefficient (Wildman–Crippen LogP) is 6.18. The van der Waals surface area contributed by atoms with E-state index in [4.69, 9.17) is 9.47 Å². The van der Waals surface area contributed by atoms with Crippen molar-refractivity contribution in [1.82, 2.24) is 10.2 Å². The van der Waals surface area contributed by atoms with Crippen LogP contribution >= 0.6 is 0 Å². The molecule has 196 valence electrons. The van der Waals surface area contributed by atoms with E-state index in [1.54, 1.807) is 24.3 Å². The summed E-state index contributed by atoms with van der Waals surface area (Å²) in [5.74, 6) is -0.106. The van der Waals surface area contributed by atoms with Gasteiger partial charge in [-0.15, -0.1) is 0 Å². The number of hydrogen-bond donors (Lipinski definition) is 1. The lowest BCUT2D eigenvalue weighted by atomic mass is 9.91. The monoisotopic (exact) mass is 506 g/mol. The highest BCUT2D eigenvalue weighted by molar-refractivity contribution is 5.98. The van der Waals surface area contributed by atoms with Gasteiger partial charge in [-0.05, 0) is 73.9 Å². The number of nitrogens with zero attached hydrogens (tertiary/aromatic N) is 1. The van der Waals surface area contributed by atoms with E-state index >= 15 is 0 Å². The Balaban J connectivity index is 1.47. The predicted molar refractivity (Wildman–Crippen MR) is 138 cm³/mol. The first-order valence-corrected chi connectivity index (χ1v) is 13.4. The Morgan fingerprint density at radius 3 is 2.57 bits per heavy atom. The van der Waals surface area contributed by atoms with Gasteiger partial charge in [0.25, 0.3) is 5.91 Å². The van der Waals surface area contributed by atoms with Crippen LogP contribution in [-0.2, 0) is 14.3 Å². The molecule has 0 aromatic heterocycles. The summed E-state index contributed by atoms with van der Waals surface area (Å²) in [6.45, 7) is 0. The van der Waals surface area contributed by atoms with Gasteiger partial charge in [-0.25, -0.2) is 4.39 Å². The maximum Gasteiger partial charge on any atom is 0.307 e. The Morgan fingerprint density at radius 2 is 1.81 bits per heavy atom. The number of para-hydroxylation sites is 1. The molecule has 2 aliphatic carbocycles. The van der Waals surface area contributed by atoms with E-state index in [2.05, 4.69) is 5.32 Å². The maximum absolute atomic E-state index is 14.7. The quantitative estimate of drug-likeness (QED) is 0.433. The molecule has 1 amide bonds. The number of benzene rings is 2. The number of nitrogens with one attached hydrogen (secondary N) is 1. The summed E-state index contributed by atoms with van der Waals surface area (Å²) in [7, 11) is 1.36. The topological polar surface area (TPSA) is 67.9 Å². The van der Waals surface area contributed by atoms with Crippen molar-refractivity contribution in [2.45, 2.75) is 82.5 Å². The lowest BCUT2D eigenvalue weighted by Gasteiger charge is -2.39. The van der Waals surface area contributed by atoms with E-state index < -0.39 is 11.9 Å². The number of halogens is 1. The molecule has 1 fully saturated rings. The van der Waals surface area contributed by atoms with Gasteiger partial charge in [-0.2, -0.15) is 0 Å². The molecule has 1 heterocycles. The SMILES string of the molecule is COC(=O)C[C@H](N[C@H]1C2=C(CCCC2)C(=O)N1C1CCCCC1)c1ccc(F)c(Oc2ccccc2)c1. The van der Waals surface area contributed by atoms with Gasteiger partial charge in [-0.3, -0.25) is 14.9 Å². The molecule has 37 heavy (non-hydrogen) atoms. The summed E-state index contributed by atoms with van der Waals surface area (Å²) in [5, 5.41) is 3.65. The van der Waals surface area contributed by atoms with Crippen molar-refractivity contribution in [2.24, 2.45) is 0 Å². The number of hydrogen-bond acceptors (Lipinski definition) is 5. The number of methoxy groups -OCH3 is 1. The van der Waals surface area contributed by atoms with Crippen LogP contribution in [0.15, 0.2) is 59.7 Å². The minimum atomic E-state index is -0.485. The molecule has 0 radical (unpaired) electrons. The minimum absolute atomic E-state index is 0.0543. The van der Waals surface area contributed by atoms with E-state index in [1.807, 2.05) is 23.1 Å². The zero-order valence-electron chi connectivity index (χ0n) is 21.4. The first-order chi connectivity index (χ1) is 18.0. The van der Waals surface area contributed by atoms with Crippen LogP contribution in [0.25, 0.3) is 0 Å². The number of carbonyl (C=O) groups is 2. The van der Waals surface area contributed by atoms with Crippen LogP contribution in [0.5, 0.6) is 11.5 Å². The lowest BCUT2D eigenvalue weighted by molar-refractivity contribution is -0.141. The van der Waals surface area contributed by atoms with Gasteiger partial charge in [0, 0.05) is 17.7 Å². The van der Waals surface area contributed by atoms with E-state index in [0.717, 1.165) is 62.5 Å². The highest BCUT2D eigenvalue weighted by Crippen LogP contribution is 2.40. The molecular formula is C30H35FN2O4. The molecule has 0 saturated heterocycles. The van der Waals surface area contributed by atoms with Crippen molar-refractivity contribution in [3.05, 3.63) is 71.1 Å². The molecular weight excluding hydrogens is 471 g/mol. The zero-order valence-corrected chi connectivity index (χ0v) is 21.4. The largest absolute Gasteiger partial charge is 0.469 e. The van der Waals surface area contributed by atoms with Gasteiger partial charge in [0.05, 0.1) is 13.5 Å². The third-order valence-corrected chi connectivity index (χ3v) is 7.87. The summed E-state index contributed by atoms with van der Waals surface area (Å²) in [6, 6.07) is 13.4. The maximum atomic E-state index is 14.7. The average molecular weight is 507 g/mol. The zero-order chi connectivity index (χ0) is 25.8. The Labute approximate surface area is 217 Å². The number of ether oxygens (including phenoxy) is 2. The van der Waals surface area contributed by atoms with Gasteiger partial charge in [0.15, 0.2) is 11.6 Å².